The molecule has 0 atom stereocenters. The fraction of sp³-hybridized carbons (Fsp3) is 0.294. The molecular formula is C17H20O4P+. The Morgan fingerprint density at radius 2 is 1.45 bits per heavy atom. The molecule has 2 aromatic carbocycles. The van der Waals surface area contributed by atoms with Gasteiger partial charge in [0.25, 0.3) is 0 Å². The molecule has 0 spiro atoms. The molecule has 0 aromatic heterocycles. The second-order valence-electron chi connectivity index (χ2n) is 6.16. The Balaban J connectivity index is 1.69. The molecular weight excluding hydrogens is 299 g/mol. The van der Waals surface area contributed by atoms with E-state index in [-0.39, 0.29) is 5.41 Å². The van der Waals surface area contributed by atoms with Gasteiger partial charge in [-0.1, -0.05) is 56.3 Å². The zero-order valence-electron chi connectivity index (χ0n) is 12.7. The van der Waals surface area contributed by atoms with Crippen LogP contribution in [0.4, 0.5) is 0 Å². The Labute approximate surface area is 131 Å². The standard InChI is InChI=1S/C17H20O4P/c1-17(2)12-19-22(18,20-13-17)21-16-10-8-15(9-11-16)14-6-4-3-5-7-14/h3-11,18H,12-13H2,1-2H3/q+1. The highest BCUT2D eigenvalue weighted by atomic mass is 31.2. The Morgan fingerprint density at radius 1 is 0.909 bits per heavy atom. The first kappa shape index (κ1) is 15.4. The summed E-state index contributed by atoms with van der Waals surface area (Å²) in [7, 11) is -3.25. The highest BCUT2D eigenvalue weighted by Crippen LogP contribution is 2.61. The summed E-state index contributed by atoms with van der Waals surface area (Å²) < 4.78 is 16.4. The van der Waals surface area contributed by atoms with Gasteiger partial charge in [-0.2, -0.15) is 4.89 Å². The third kappa shape index (κ3) is 3.65. The van der Waals surface area contributed by atoms with Crippen LogP contribution < -0.4 is 4.52 Å². The lowest BCUT2D eigenvalue weighted by Crippen LogP contribution is -2.32. The molecule has 0 radical (unpaired) electrons. The minimum Gasteiger partial charge on any atom is -0.261 e. The van der Waals surface area contributed by atoms with Crippen molar-refractivity contribution in [3.8, 4) is 16.9 Å². The quantitative estimate of drug-likeness (QED) is 0.848. The van der Waals surface area contributed by atoms with E-state index in [0.717, 1.165) is 11.1 Å². The van der Waals surface area contributed by atoms with Crippen LogP contribution in [-0.2, 0) is 9.05 Å². The van der Waals surface area contributed by atoms with Crippen LogP contribution in [0.3, 0.4) is 0 Å². The highest BCUT2D eigenvalue weighted by Gasteiger charge is 2.53. The smallest absolute Gasteiger partial charge is 0.261 e. The molecule has 0 bridgehead atoms. The second-order valence-corrected chi connectivity index (χ2v) is 7.80. The zero-order valence-corrected chi connectivity index (χ0v) is 13.6. The Hall–Kier alpha value is -1.45. The minimum absolute atomic E-state index is 0.104. The van der Waals surface area contributed by atoms with E-state index in [1.807, 2.05) is 68.4 Å². The van der Waals surface area contributed by atoms with Crippen molar-refractivity contribution in [2.75, 3.05) is 13.2 Å². The first-order valence-corrected chi connectivity index (χ1v) is 8.71. The van der Waals surface area contributed by atoms with E-state index in [2.05, 4.69) is 0 Å². The van der Waals surface area contributed by atoms with Gasteiger partial charge in [0, 0.05) is 5.41 Å². The minimum atomic E-state index is -3.25. The lowest BCUT2D eigenvalue weighted by atomic mass is 9.97. The SMILES string of the molecule is CC1(C)CO[P+](O)(Oc2ccc(-c3ccccc3)cc2)OC1. The summed E-state index contributed by atoms with van der Waals surface area (Å²) in [4.78, 5) is 10.3. The lowest BCUT2D eigenvalue weighted by molar-refractivity contribution is -0.00113. The zero-order chi connectivity index (χ0) is 15.6. The van der Waals surface area contributed by atoms with E-state index in [4.69, 9.17) is 13.6 Å². The summed E-state index contributed by atoms with van der Waals surface area (Å²) in [5, 5.41) is 0. The summed E-state index contributed by atoms with van der Waals surface area (Å²) in [5.41, 5.74) is 2.12. The van der Waals surface area contributed by atoms with Crippen molar-refractivity contribution in [2.45, 2.75) is 13.8 Å². The third-order valence-corrected chi connectivity index (χ3v) is 4.77. The van der Waals surface area contributed by atoms with Crippen LogP contribution in [0.25, 0.3) is 11.1 Å². The van der Waals surface area contributed by atoms with Crippen molar-refractivity contribution in [1.82, 2.24) is 0 Å². The van der Waals surface area contributed by atoms with Crippen LogP contribution in [0.5, 0.6) is 5.75 Å². The summed E-state index contributed by atoms with van der Waals surface area (Å²) in [6, 6.07) is 17.6. The van der Waals surface area contributed by atoms with Gasteiger partial charge in [-0.05, 0) is 23.3 Å². The van der Waals surface area contributed by atoms with Crippen molar-refractivity contribution >= 4 is 8.17 Å². The molecule has 1 heterocycles. The van der Waals surface area contributed by atoms with Crippen molar-refractivity contribution in [1.29, 1.82) is 0 Å². The van der Waals surface area contributed by atoms with Crippen molar-refractivity contribution in [3.05, 3.63) is 54.6 Å². The molecule has 0 amide bonds. The molecule has 0 unspecified atom stereocenters. The van der Waals surface area contributed by atoms with E-state index in [9.17, 15) is 4.89 Å². The topological polar surface area (TPSA) is 47.9 Å². The van der Waals surface area contributed by atoms with Crippen LogP contribution in [0, 0.1) is 5.41 Å². The molecule has 0 saturated carbocycles. The lowest BCUT2D eigenvalue weighted by Gasteiger charge is -2.29. The predicted octanol–water partition coefficient (Wildman–Crippen LogP) is 4.48. The number of hydrogen-bond acceptors (Lipinski definition) is 4. The van der Waals surface area contributed by atoms with Crippen molar-refractivity contribution < 1.29 is 18.5 Å². The fourth-order valence-corrected chi connectivity index (χ4v) is 3.71. The monoisotopic (exact) mass is 319 g/mol. The Bertz CT molecular complexity index is 615. The molecule has 1 aliphatic rings. The summed E-state index contributed by atoms with van der Waals surface area (Å²) in [6.07, 6.45) is 0. The average Bonchev–Trinajstić information content (AvgIpc) is 2.53. The molecule has 5 heteroatoms. The molecule has 22 heavy (non-hydrogen) atoms. The van der Waals surface area contributed by atoms with Crippen LogP contribution in [0.1, 0.15) is 13.8 Å². The van der Waals surface area contributed by atoms with Crippen LogP contribution in [-0.4, -0.2) is 18.1 Å². The van der Waals surface area contributed by atoms with E-state index in [0.29, 0.717) is 19.0 Å². The van der Waals surface area contributed by atoms with Crippen LogP contribution >= 0.6 is 8.17 Å². The normalized spacial score (nSPS) is 19.6. The summed E-state index contributed by atoms with van der Waals surface area (Å²) in [5.74, 6) is 0.537. The molecule has 3 rings (SSSR count). The largest absolute Gasteiger partial charge is 0.619 e. The van der Waals surface area contributed by atoms with Crippen molar-refractivity contribution in [2.24, 2.45) is 5.41 Å². The van der Waals surface area contributed by atoms with Crippen LogP contribution in [0.2, 0.25) is 0 Å². The third-order valence-electron chi connectivity index (χ3n) is 3.42. The molecule has 4 nitrogen and oxygen atoms in total. The summed E-state index contributed by atoms with van der Waals surface area (Å²) in [6.45, 7) is 4.87. The molecule has 1 saturated heterocycles. The molecule has 0 aliphatic carbocycles. The van der Waals surface area contributed by atoms with Gasteiger partial charge in [0.2, 0.25) is 0 Å². The van der Waals surface area contributed by atoms with E-state index in [1.165, 1.54) is 0 Å². The fourth-order valence-electron chi connectivity index (χ4n) is 2.12. The van der Waals surface area contributed by atoms with Gasteiger partial charge in [-0.15, -0.1) is 9.05 Å². The maximum Gasteiger partial charge on any atom is 0.619 e. The van der Waals surface area contributed by atoms with Gasteiger partial charge in [0.15, 0.2) is 5.75 Å². The number of rotatable bonds is 3. The molecule has 1 fully saturated rings. The molecule has 2 aromatic rings. The van der Waals surface area contributed by atoms with E-state index >= 15 is 0 Å². The molecule has 1 aliphatic heterocycles. The average molecular weight is 319 g/mol. The Kier molecular flexibility index (Phi) is 4.20. The summed E-state index contributed by atoms with van der Waals surface area (Å²) >= 11 is 0. The van der Waals surface area contributed by atoms with Gasteiger partial charge in [0.1, 0.15) is 13.2 Å². The first-order chi connectivity index (χ1) is 10.5. The van der Waals surface area contributed by atoms with Crippen molar-refractivity contribution in [3.63, 3.8) is 0 Å². The molecule has 116 valence electrons. The maximum absolute atomic E-state index is 10.3. The highest BCUT2D eigenvalue weighted by molar-refractivity contribution is 7.55. The van der Waals surface area contributed by atoms with Crippen LogP contribution in [0.15, 0.2) is 54.6 Å². The maximum atomic E-state index is 10.3. The molecule has 1 N–H and O–H groups in total. The predicted molar refractivity (Wildman–Crippen MR) is 87.3 cm³/mol. The van der Waals surface area contributed by atoms with Gasteiger partial charge >= 0.3 is 8.17 Å². The van der Waals surface area contributed by atoms with Gasteiger partial charge in [0.05, 0.1) is 0 Å². The van der Waals surface area contributed by atoms with Gasteiger partial charge in [-0.3, -0.25) is 4.52 Å². The van der Waals surface area contributed by atoms with E-state index < -0.39 is 8.17 Å². The first-order valence-electron chi connectivity index (χ1n) is 7.22. The van der Waals surface area contributed by atoms with Gasteiger partial charge < -0.3 is 0 Å². The van der Waals surface area contributed by atoms with Gasteiger partial charge in [-0.25, -0.2) is 0 Å². The Morgan fingerprint density at radius 3 is 2.05 bits per heavy atom. The number of hydrogen-bond donors (Lipinski definition) is 1. The van der Waals surface area contributed by atoms with E-state index in [1.54, 1.807) is 0 Å². The second kappa shape index (κ2) is 5.98. The number of benzene rings is 2.